The summed E-state index contributed by atoms with van der Waals surface area (Å²) in [6, 6.07) is 3.28. The van der Waals surface area contributed by atoms with Gasteiger partial charge in [0, 0.05) is 13.1 Å². The number of nitrogens with zero attached hydrogens (tertiary/aromatic N) is 4. The lowest BCUT2D eigenvalue weighted by Crippen LogP contribution is -2.41. The molecule has 156 valence electrons. The van der Waals surface area contributed by atoms with Gasteiger partial charge in [0.15, 0.2) is 22.8 Å². The van der Waals surface area contributed by atoms with E-state index < -0.39 is 22.9 Å². The van der Waals surface area contributed by atoms with Gasteiger partial charge in [-0.05, 0) is 30.5 Å². The molecule has 9 heteroatoms. The minimum absolute atomic E-state index is 0.192. The molecule has 0 aliphatic heterocycles. The molecule has 0 unspecified atom stereocenters. The third-order valence-corrected chi connectivity index (χ3v) is 4.84. The molecule has 0 spiro atoms. The fourth-order valence-electron chi connectivity index (χ4n) is 3.40. The summed E-state index contributed by atoms with van der Waals surface area (Å²) in [5.41, 5.74) is -0.357. The van der Waals surface area contributed by atoms with Crippen molar-refractivity contribution in [3.05, 3.63) is 62.1 Å². The first kappa shape index (κ1) is 20.9. The van der Waals surface area contributed by atoms with Gasteiger partial charge < -0.3 is 9.67 Å². The van der Waals surface area contributed by atoms with Crippen LogP contribution in [0.1, 0.15) is 44.5 Å². The van der Waals surface area contributed by atoms with E-state index in [1.807, 2.05) is 13.8 Å². The highest BCUT2D eigenvalue weighted by Crippen LogP contribution is 2.15. The number of hydrogen-bond donors (Lipinski definition) is 1. The van der Waals surface area contributed by atoms with Crippen molar-refractivity contribution in [2.24, 2.45) is 0 Å². The van der Waals surface area contributed by atoms with E-state index in [0.29, 0.717) is 37.3 Å². The second-order valence-electron chi connectivity index (χ2n) is 6.94. The number of benzene rings is 1. The van der Waals surface area contributed by atoms with Crippen LogP contribution in [-0.4, -0.2) is 23.8 Å². The van der Waals surface area contributed by atoms with E-state index in [1.54, 1.807) is 4.57 Å². The fourth-order valence-corrected chi connectivity index (χ4v) is 3.40. The molecule has 0 aliphatic rings. The minimum atomic E-state index is -1.04. The maximum absolute atomic E-state index is 13.6. The van der Waals surface area contributed by atoms with Crippen molar-refractivity contribution in [1.29, 1.82) is 0 Å². The van der Waals surface area contributed by atoms with E-state index in [-0.39, 0.29) is 24.3 Å². The Morgan fingerprint density at radius 3 is 2.38 bits per heavy atom. The van der Waals surface area contributed by atoms with Crippen LogP contribution < -0.4 is 11.2 Å². The van der Waals surface area contributed by atoms with Gasteiger partial charge in [0.1, 0.15) is 12.4 Å². The standard InChI is InChI=1S/C20H24F2N4O3/c1-3-5-9-25-18-17(24(8-4-2)16(12-27)23-18)19(28)26(20(25)29)11-13-6-7-14(21)15(22)10-13/h6-7,10,27H,3-5,8-9,11-12H2,1-2H3. The van der Waals surface area contributed by atoms with Gasteiger partial charge >= 0.3 is 5.69 Å². The third kappa shape index (κ3) is 3.87. The average Bonchev–Trinajstić information content (AvgIpc) is 3.06. The Morgan fingerprint density at radius 2 is 1.76 bits per heavy atom. The van der Waals surface area contributed by atoms with Crippen molar-refractivity contribution in [3.8, 4) is 0 Å². The van der Waals surface area contributed by atoms with Gasteiger partial charge in [0.2, 0.25) is 0 Å². The molecule has 1 aromatic carbocycles. The Labute approximate surface area is 165 Å². The molecule has 3 rings (SSSR count). The zero-order valence-electron chi connectivity index (χ0n) is 16.5. The van der Waals surface area contributed by atoms with Crippen LogP contribution in [0.25, 0.3) is 11.2 Å². The summed E-state index contributed by atoms with van der Waals surface area (Å²) in [6.45, 7) is 4.17. The van der Waals surface area contributed by atoms with Crippen molar-refractivity contribution in [2.75, 3.05) is 0 Å². The molecular weight excluding hydrogens is 382 g/mol. The quantitative estimate of drug-likeness (QED) is 0.623. The van der Waals surface area contributed by atoms with Crippen LogP contribution in [-0.2, 0) is 26.2 Å². The van der Waals surface area contributed by atoms with Gasteiger partial charge in [0.05, 0.1) is 6.54 Å². The molecule has 2 heterocycles. The van der Waals surface area contributed by atoms with Gasteiger partial charge in [-0.25, -0.2) is 18.6 Å². The Balaban J connectivity index is 2.28. The SMILES string of the molecule is CCCCn1c(=O)n(Cc2ccc(F)c(F)c2)c(=O)c2c1nc(CO)n2CCC. The number of rotatable bonds is 8. The van der Waals surface area contributed by atoms with Crippen LogP contribution in [0.3, 0.4) is 0 Å². The lowest BCUT2D eigenvalue weighted by Gasteiger charge is -2.13. The average molecular weight is 406 g/mol. The van der Waals surface area contributed by atoms with E-state index in [0.717, 1.165) is 23.1 Å². The molecule has 0 fully saturated rings. The van der Waals surface area contributed by atoms with Crippen LogP contribution in [0, 0.1) is 11.6 Å². The maximum Gasteiger partial charge on any atom is 0.333 e. The van der Waals surface area contributed by atoms with Crippen molar-refractivity contribution in [2.45, 2.75) is 59.4 Å². The van der Waals surface area contributed by atoms with Gasteiger partial charge in [-0.2, -0.15) is 0 Å². The first-order valence-electron chi connectivity index (χ1n) is 9.70. The second-order valence-corrected chi connectivity index (χ2v) is 6.94. The molecule has 0 radical (unpaired) electrons. The van der Waals surface area contributed by atoms with Crippen molar-refractivity contribution < 1.29 is 13.9 Å². The molecule has 0 atom stereocenters. The molecule has 0 bridgehead atoms. The minimum Gasteiger partial charge on any atom is -0.388 e. The van der Waals surface area contributed by atoms with Crippen molar-refractivity contribution in [1.82, 2.24) is 18.7 Å². The maximum atomic E-state index is 13.6. The molecule has 0 saturated carbocycles. The van der Waals surface area contributed by atoms with Gasteiger partial charge in [0.25, 0.3) is 5.56 Å². The lowest BCUT2D eigenvalue weighted by molar-refractivity contribution is 0.265. The van der Waals surface area contributed by atoms with Crippen molar-refractivity contribution in [3.63, 3.8) is 0 Å². The predicted octanol–water partition coefficient (Wildman–Crippen LogP) is 2.39. The first-order valence-corrected chi connectivity index (χ1v) is 9.70. The van der Waals surface area contributed by atoms with Crippen molar-refractivity contribution >= 4 is 11.2 Å². The molecular formula is C20H24F2N4O3. The van der Waals surface area contributed by atoms with Crippen LogP contribution in [0.15, 0.2) is 27.8 Å². The number of aromatic nitrogens is 4. The van der Waals surface area contributed by atoms with Crippen LogP contribution >= 0.6 is 0 Å². The molecule has 7 nitrogen and oxygen atoms in total. The number of hydrogen-bond acceptors (Lipinski definition) is 4. The number of aryl methyl sites for hydroxylation is 2. The molecule has 0 saturated heterocycles. The Bertz CT molecular complexity index is 1150. The third-order valence-electron chi connectivity index (χ3n) is 4.84. The largest absolute Gasteiger partial charge is 0.388 e. The second kappa shape index (κ2) is 8.69. The smallest absolute Gasteiger partial charge is 0.333 e. The van der Waals surface area contributed by atoms with E-state index >= 15 is 0 Å². The van der Waals surface area contributed by atoms with E-state index in [4.69, 9.17) is 0 Å². The molecule has 0 aliphatic carbocycles. The number of aliphatic hydroxyl groups excluding tert-OH is 1. The highest BCUT2D eigenvalue weighted by Gasteiger charge is 2.21. The van der Waals surface area contributed by atoms with Gasteiger partial charge in [-0.3, -0.25) is 13.9 Å². The highest BCUT2D eigenvalue weighted by molar-refractivity contribution is 5.71. The van der Waals surface area contributed by atoms with E-state index in [1.165, 1.54) is 10.6 Å². The van der Waals surface area contributed by atoms with E-state index in [2.05, 4.69) is 4.98 Å². The summed E-state index contributed by atoms with van der Waals surface area (Å²) in [7, 11) is 0. The zero-order chi connectivity index (χ0) is 21.1. The topological polar surface area (TPSA) is 82.1 Å². The lowest BCUT2D eigenvalue weighted by atomic mass is 10.2. The Kier molecular flexibility index (Phi) is 6.26. The predicted molar refractivity (Wildman–Crippen MR) is 105 cm³/mol. The number of halogens is 2. The number of unbranched alkanes of at least 4 members (excludes halogenated alkanes) is 1. The summed E-state index contributed by atoms with van der Waals surface area (Å²) in [6.07, 6.45) is 2.24. The van der Waals surface area contributed by atoms with Crippen LogP contribution in [0.2, 0.25) is 0 Å². The Hall–Kier alpha value is -2.81. The van der Waals surface area contributed by atoms with Crippen LogP contribution in [0.4, 0.5) is 8.78 Å². The summed E-state index contributed by atoms with van der Waals surface area (Å²) in [4.78, 5) is 30.6. The number of imidazole rings is 1. The highest BCUT2D eigenvalue weighted by atomic mass is 19.2. The summed E-state index contributed by atoms with van der Waals surface area (Å²) >= 11 is 0. The summed E-state index contributed by atoms with van der Waals surface area (Å²) < 4.78 is 30.9. The molecule has 29 heavy (non-hydrogen) atoms. The fraction of sp³-hybridized carbons (Fsp3) is 0.450. The first-order chi connectivity index (χ1) is 13.9. The molecule has 0 amide bonds. The number of fused-ring (bicyclic) bond motifs is 1. The molecule has 1 N–H and O–H groups in total. The number of aliphatic hydroxyl groups is 1. The Morgan fingerprint density at radius 1 is 1.00 bits per heavy atom. The van der Waals surface area contributed by atoms with Gasteiger partial charge in [-0.15, -0.1) is 0 Å². The van der Waals surface area contributed by atoms with Crippen LogP contribution in [0.5, 0.6) is 0 Å². The zero-order valence-corrected chi connectivity index (χ0v) is 16.5. The van der Waals surface area contributed by atoms with E-state index in [9.17, 15) is 23.5 Å². The molecule has 3 aromatic rings. The normalized spacial score (nSPS) is 11.5. The summed E-state index contributed by atoms with van der Waals surface area (Å²) in [5.74, 6) is -1.72. The summed E-state index contributed by atoms with van der Waals surface area (Å²) in [5, 5.41) is 9.68. The van der Waals surface area contributed by atoms with Gasteiger partial charge in [-0.1, -0.05) is 26.3 Å². The monoisotopic (exact) mass is 406 g/mol. The molecule has 2 aromatic heterocycles.